The summed E-state index contributed by atoms with van der Waals surface area (Å²) in [7, 11) is 4.60. The molecule has 152 valence electrons. The van der Waals surface area contributed by atoms with Crippen molar-refractivity contribution in [2.75, 3.05) is 34.7 Å². The second kappa shape index (κ2) is 9.54. The summed E-state index contributed by atoms with van der Waals surface area (Å²) < 4.78 is 31.6. The molecular formula is C22H22O7. The fourth-order valence-corrected chi connectivity index (χ4v) is 2.74. The molecule has 0 aromatic heterocycles. The minimum Gasteiger partial charge on any atom is -0.493 e. The lowest BCUT2D eigenvalue weighted by Gasteiger charge is -2.12. The molecule has 0 spiro atoms. The van der Waals surface area contributed by atoms with Gasteiger partial charge in [0.15, 0.2) is 23.0 Å². The molecule has 0 radical (unpaired) electrons. The van der Waals surface area contributed by atoms with E-state index in [1.165, 1.54) is 27.4 Å². The molecule has 0 atom stereocenters. The summed E-state index contributed by atoms with van der Waals surface area (Å²) in [5.74, 6) is 2.47. The van der Waals surface area contributed by atoms with Crippen LogP contribution in [0.1, 0.15) is 11.1 Å². The molecule has 0 N–H and O–H groups in total. The summed E-state index contributed by atoms with van der Waals surface area (Å²) in [5.41, 5.74) is 1.64. The van der Waals surface area contributed by atoms with Crippen LogP contribution < -0.4 is 23.7 Å². The summed E-state index contributed by atoms with van der Waals surface area (Å²) in [5, 5.41) is 0. The van der Waals surface area contributed by atoms with Crippen LogP contribution in [0.25, 0.3) is 12.2 Å². The number of carbonyl (C=O) groups excluding carboxylic acids is 1. The van der Waals surface area contributed by atoms with Crippen molar-refractivity contribution in [3.8, 4) is 28.7 Å². The predicted molar refractivity (Wildman–Crippen MR) is 108 cm³/mol. The molecule has 1 aliphatic rings. The third kappa shape index (κ3) is 5.01. The van der Waals surface area contributed by atoms with Gasteiger partial charge in [-0.05, 0) is 47.5 Å². The summed E-state index contributed by atoms with van der Waals surface area (Å²) in [6.45, 7) is 0.380. The smallest absolute Gasteiger partial charge is 0.331 e. The van der Waals surface area contributed by atoms with Crippen LogP contribution in [0.4, 0.5) is 0 Å². The van der Waals surface area contributed by atoms with Crippen molar-refractivity contribution in [1.29, 1.82) is 0 Å². The Hall–Kier alpha value is -3.61. The quantitative estimate of drug-likeness (QED) is 0.496. The zero-order valence-electron chi connectivity index (χ0n) is 16.5. The number of methoxy groups -OCH3 is 3. The molecule has 0 bridgehead atoms. The molecule has 0 aliphatic carbocycles. The monoisotopic (exact) mass is 398 g/mol. The second-order valence-corrected chi connectivity index (χ2v) is 5.94. The van der Waals surface area contributed by atoms with Gasteiger partial charge in [-0.15, -0.1) is 0 Å². The Morgan fingerprint density at radius 2 is 1.66 bits per heavy atom. The summed E-state index contributed by atoms with van der Waals surface area (Å²) in [6, 6.07) is 9.09. The van der Waals surface area contributed by atoms with Gasteiger partial charge < -0.3 is 28.4 Å². The van der Waals surface area contributed by atoms with E-state index in [-0.39, 0.29) is 13.4 Å². The molecule has 0 saturated carbocycles. The summed E-state index contributed by atoms with van der Waals surface area (Å²) in [6.07, 6.45) is 6.56. The number of benzene rings is 2. The standard InChI is InChI=1S/C22H22O7/c1-24-19-12-16(13-20(25-2)22(19)26-3)7-9-21(23)27-10-4-5-15-6-8-17-18(11-15)29-14-28-17/h4-9,11-13H,10,14H2,1-3H3. The van der Waals surface area contributed by atoms with E-state index in [0.717, 1.165) is 11.3 Å². The van der Waals surface area contributed by atoms with Crippen LogP contribution in [-0.2, 0) is 9.53 Å². The van der Waals surface area contributed by atoms with Crippen LogP contribution in [0.2, 0.25) is 0 Å². The predicted octanol–water partition coefficient (Wildman–Crippen LogP) is 3.71. The molecule has 0 amide bonds. The minimum atomic E-state index is -0.464. The van der Waals surface area contributed by atoms with E-state index in [1.54, 1.807) is 24.3 Å². The van der Waals surface area contributed by atoms with Gasteiger partial charge in [-0.3, -0.25) is 0 Å². The molecule has 1 heterocycles. The fourth-order valence-electron chi connectivity index (χ4n) is 2.74. The number of esters is 1. The molecule has 7 heteroatoms. The molecule has 3 rings (SSSR count). The van der Waals surface area contributed by atoms with E-state index in [0.29, 0.717) is 28.6 Å². The van der Waals surface area contributed by atoms with Crippen LogP contribution >= 0.6 is 0 Å². The van der Waals surface area contributed by atoms with Gasteiger partial charge in [-0.1, -0.05) is 12.1 Å². The Balaban J connectivity index is 1.56. The number of ether oxygens (including phenoxy) is 6. The Bertz CT molecular complexity index is 906. The Morgan fingerprint density at radius 1 is 0.931 bits per heavy atom. The number of hydrogen-bond donors (Lipinski definition) is 0. The van der Waals surface area contributed by atoms with Crippen molar-refractivity contribution in [3.63, 3.8) is 0 Å². The highest BCUT2D eigenvalue weighted by Gasteiger charge is 2.13. The maximum Gasteiger partial charge on any atom is 0.331 e. The Labute approximate surface area is 169 Å². The number of fused-ring (bicyclic) bond motifs is 1. The van der Waals surface area contributed by atoms with Gasteiger partial charge in [0.1, 0.15) is 6.61 Å². The normalized spacial score (nSPS) is 12.4. The summed E-state index contributed by atoms with van der Waals surface area (Å²) in [4.78, 5) is 11.9. The van der Waals surface area contributed by atoms with Crippen molar-refractivity contribution in [3.05, 3.63) is 53.6 Å². The number of rotatable bonds is 8. The fraction of sp³-hybridized carbons (Fsp3) is 0.227. The molecule has 1 aliphatic heterocycles. The maximum atomic E-state index is 11.9. The lowest BCUT2D eigenvalue weighted by Crippen LogP contribution is -2.00. The molecule has 2 aromatic rings. The first-order valence-corrected chi connectivity index (χ1v) is 8.85. The third-order valence-corrected chi connectivity index (χ3v) is 4.13. The average Bonchev–Trinajstić information content (AvgIpc) is 3.22. The van der Waals surface area contributed by atoms with Crippen LogP contribution in [-0.4, -0.2) is 40.7 Å². The highest BCUT2D eigenvalue weighted by Crippen LogP contribution is 2.38. The second-order valence-electron chi connectivity index (χ2n) is 5.94. The Morgan fingerprint density at radius 3 is 2.34 bits per heavy atom. The molecule has 0 fully saturated rings. The van der Waals surface area contributed by atoms with Gasteiger partial charge in [-0.25, -0.2) is 4.79 Å². The van der Waals surface area contributed by atoms with Crippen LogP contribution in [0, 0.1) is 0 Å². The van der Waals surface area contributed by atoms with Gasteiger partial charge in [0, 0.05) is 6.08 Å². The first kappa shape index (κ1) is 20.1. The minimum absolute atomic E-state index is 0.146. The lowest BCUT2D eigenvalue weighted by atomic mass is 10.1. The van der Waals surface area contributed by atoms with Gasteiger partial charge >= 0.3 is 5.97 Å². The summed E-state index contributed by atoms with van der Waals surface area (Å²) >= 11 is 0. The SMILES string of the molecule is COc1cc(C=CC(=O)OCC=Cc2ccc3c(c2)OCO3)cc(OC)c1OC. The molecule has 29 heavy (non-hydrogen) atoms. The highest BCUT2D eigenvalue weighted by molar-refractivity contribution is 5.87. The molecule has 7 nitrogen and oxygen atoms in total. The van der Waals surface area contributed by atoms with E-state index in [4.69, 9.17) is 28.4 Å². The number of carbonyl (C=O) groups is 1. The van der Waals surface area contributed by atoms with Crippen molar-refractivity contribution < 1.29 is 33.2 Å². The van der Waals surface area contributed by atoms with E-state index in [9.17, 15) is 4.79 Å². The van der Waals surface area contributed by atoms with Crippen molar-refractivity contribution >= 4 is 18.1 Å². The molecular weight excluding hydrogens is 376 g/mol. The van der Waals surface area contributed by atoms with E-state index >= 15 is 0 Å². The van der Waals surface area contributed by atoms with Crippen molar-refractivity contribution in [1.82, 2.24) is 0 Å². The van der Waals surface area contributed by atoms with E-state index in [2.05, 4.69) is 0 Å². The molecule has 0 saturated heterocycles. The molecule has 0 unspecified atom stereocenters. The first-order chi connectivity index (χ1) is 14.1. The van der Waals surface area contributed by atoms with Crippen LogP contribution in [0.15, 0.2) is 42.5 Å². The highest BCUT2D eigenvalue weighted by atomic mass is 16.7. The lowest BCUT2D eigenvalue weighted by molar-refractivity contribution is -0.136. The van der Waals surface area contributed by atoms with Gasteiger partial charge in [-0.2, -0.15) is 0 Å². The van der Waals surface area contributed by atoms with Crippen LogP contribution in [0.5, 0.6) is 28.7 Å². The van der Waals surface area contributed by atoms with Crippen molar-refractivity contribution in [2.45, 2.75) is 0 Å². The van der Waals surface area contributed by atoms with Crippen molar-refractivity contribution in [2.24, 2.45) is 0 Å². The van der Waals surface area contributed by atoms with Gasteiger partial charge in [0.2, 0.25) is 12.5 Å². The van der Waals surface area contributed by atoms with E-state index < -0.39 is 5.97 Å². The zero-order chi connectivity index (χ0) is 20.6. The molecule has 2 aromatic carbocycles. The zero-order valence-corrected chi connectivity index (χ0v) is 16.5. The van der Waals surface area contributed by atoms with E-state index in [1.807, 2.05) is 24.3 Å². The first-order valence-electron chi connectivity index (χ1n) is 8.85. The largest absolute Gasteiger partial charge is 0.493 e. The Kier molecular flexibility index (Phi) is 6.63. The maximum absolute atomic E-state index is 11.9. The van der Waals surface area contributed by atoms with Crippen LogP contribution in [0.3, 0.4) is 0 Å². The number of hydrogen-bond acceptors (Lipinski definition) is 7. The third-order valence-electron chi connectivity index (χ3n) is 4.13. The van der Waals surface area contributed by atoms with Gasteiger partial charge in [0.25, 0.3) is 0 Å². The topological polar surface area (TPSA) is 72.5 Å². The van der Waals surface area contributed by atoms with Gasteiger partial charge in [0.05, 0.1) is 21.3 Å². The average molecular weight is 398 g/mol.